The van der Waals surface area contributed by atoms with Gasteiger partial charge in [-0.25, -0.2) is 9.97 Å². The van der Waals surface area contributed by atoms with Crippen molar-refractivity contribution in [3.05, 3.63) is 72.4 Å². The van der Waals surface area contributed by atoms with Crippen LogP contribution in [0, 0.1) is 0 Å². The summed E-state index contributed by atoms with van der Waals surface area (Å²) in [6.07, 6.45) is 1.80. The van der Waals surface area contributed by atoms with Gasteiger partial charge in [-0.2, -0.15) is 0 Å². The number of nitrogens with zero attached hydrogens (tertiary/aromatic N) is 5. The molecule has 1 fully saturated rings. The molecule has 0 N–H and O–H groups in total. The van der Waals surface area contributed by atoms with E-state index in [1.807, 2.05) is 72.6 Å². The Balaban J connectivity index is 1.40. The second-order valence-corrected chi connectivity index (χ2v) is 7.44. The van der Waals surface area contributed by atoms with Crippen LogP contribution in [0.2, 0.25) is 0 Å². The highest BCUT2D eigenvalue weighted by Gasteiger charge is 2.23. The number of aromatic nitrogens is 2. The molecular weight excluding hydrogens is 374 g/mol. The average molecular weight is 402 g/mol. The summed E-state index contributed by atoms with van der Waals surface area (Å²) in [5, 5.41) is 0. The molecular formula is C24H27N5O. The number of carbonyl (C=O) groups is 1. The van der Waals surface area contributed by atoms with E-state index in [0.717, 1.165) is 48.1 Å². The van der Waals surface area contributed by atoms with Gasteiger partial charge in [0.2, 0.25) is 0 Å². The van der Waals surface area contributed by atoms with Crippen LogP contribution in [0.3, 0.4) is 0 Å². The minimum atomic E-state index is 0.0908. The van der Waals surface area contributed by atoms with Crippen molar-refractivity contribution < 1.29 is 4.79 Å². The van der Waals surface area contributed by atoms with E-state index in [2.05, 4.69) is 21.7 Å². The second-order valence-electron chi connectivity index (χ2n) is 7.44. The lowest BCUT2D eigenvalue weighted by molar-refractivity contribution is 0.0746. The summed E-state index contributed by atoms with van der Waals surface area (Å²) in [6.45, 7) is 5.92. The topological polar surface area (TPSA) is 52.6 Å². The van der Waals surface area contributed by atoms with Crippen LogP contribution < -0.4 is 9.80 Å². The van der Waals surface area contributed by atoms with Gasteiger partial charge in [0.1, 0.15) is 5.82 Å². The quantitative estimate of drug-likeness (QED) is 0.654. The summed E-state index contributed by atoms with van der Waals surface area (Å²) in [6, 6.07) is 19.8. The molecule has 1 aliphatic rings. The molecule has 0 saturated carbocycles. The third kappa shape index (κ3) is 4.27. The summed E-state index contributed by atoms with van der Waals surface area (Å²) in [7, 11) is 2.05. The van der Waals surface area contributed by atoms with Crippen molar-refractivity contribution >= 4 is 17.4 Å². The summed E-state index contributed by atoms with van der Waals surface area (Å²) < 4.78 is 0. The molecule has 1 amide bonds. The molecule has 0 radical (unpaired) electrons. The lowest BCUT2D eigenvalue weighted by Gasteiger charge is -2.35. The van der Waals surface area contributed by atoms with Crippen LogP contribution in [-0.4, -0.2) is 60.5 Å². The van der Waals surface area contributed by atoms with Crippen molar-refractivity contribution in [3.8, 4) is 11.4 Å². The lowest BCUT2D eigenvalue weighted by Crippen LogP contribution is -2.49. The monoisotopic (exact) mass is 401 g/mol. The molecule has 1 aliphatic heterocycles. The van der Waals surface area contributed by atoms with Gasteiger partial charge < -0.3 is 14.7 Å². The number of hydrogen-bond donors (Lipinski definition) is 0. The zero-order valence-corrected chi connectivity index (χ0v) is 17.5. The highest BCUT2D eigenvalue weighted by molar-refractivity contribution is 5.94. The Morgan fingerprint density at radius 2 is 1.67 bits per heavy atom. The highest BCUT2D eigenvalue weighted by atomic mass is 16.2. The zero-order chi connectivity index (χ0) is 20.9. The van der Waals surface area contributed by atoms with E-state index in [4.69, 9.17) is 4.98 Å². The average Bonchev–Trinajstić information content (AvgIpc) is 2.84. The van der Waals surface area contributed by atoms with Crippen molar-refractivity contribution in [3.63, 3.8) is 0 Å². The van der Waals surface area contributed by atoms with Crippen molar-refractivity contribution in [2.24, 2.45) is 0 Å². The molecule has 0 bridgehead atoms. The fraction of sp³-hybridized carbons (Fsp3) is 0.292. The molecule has 3 aromatic rings. The first-order chi connectivity index (χ1) is 14.7. The SMILES string of the molecule is CCN(C)c1ccc(C(=O)N2CCN(c3ccnc(-c4ccccc4)n3)CC2)cc1. The van der Waals surface area contributed by atoms with Gasteiger partial charge in [-0.15, -0.1) is 0 Å². The predicted molar refractivity (Wildman–Crippen MR) is 121 cm³/mol. The largest absolute Gasteiger partial charge is 0.375 e. The molecule has 0 aliphatic carbocycles. The number of anilines is 2. The molecule has 2 aromatic carbocycles. The van der Waals surface area contributed by atoms with Gasteiger partial charge in [0.25, 0.3) is 5.91 Å². The molecule has 154 valence electrons. The molecule has 6 nitrogen and oxygen atoms in total. The Labute approximate surface area is 177 Å². The van der Waals surface area contributed by atoms with Gasteiger partial charge in [-0.1, -0.05) is 30.3 Å². The van der Waals surface area contributed by atoms with Crippen molar-refractivity contribution in [2.45, 2.75) is 6.92 Å². The zero-order valence-electron chi connectivity index (χ0n) is 17.5. The van der Waals surface area contributed by atoms with Crippen LogP contribution in [0.4, 0.5) is 11.5 Å². The van der Waals surface area contributed by atoms with Gasteiger partial charge in [-0.05, 0) is 37.3 Å². The minimum absolute atomic E-state index is 0.0908. The number of benzene rings is 2. The smallest absolute Gasteiger partial charge is 0.253 e. The van der Waals surface area contributed by atoms with E-state index in [1.54, 1.807) is 6.20 Å². The summed E-state index contributed by atoms with van der Waals surface area (Å²) in [5.74, 6) is 1.72. The maximum Gasteiger partial charge on any atom is 0.253 e. The molecule has 1 aromatic heterocycles. The van der Waals surface area contributed by atoms with Crippen LogP contribution in [0.1, 0.15) is 17.3 Å². The Hall–Kier alpha value is -3.41. The maximum atomic E-state index is 12.9. The van der Waals surface area contributed by atoms with Crippen LogP contribution >= 0.6 is 0 Å². The summed E-state index contributed by atoms with van der Waals surface area (Å²) >= 11 is 0. The molecule has 30 heavy (non-hydrogen) atoms. The van der Waals surface area contributed by atoms with Gasteiger partial charge in [0, 0.05) is 62.8 Å². The Bertz CT molecular complexity index is 982. The van der Waals surface area contributed by atoms with E-state index in [9.17, 15) is 4.79 Å². The van der Waals surface area contributed by atoms with Crippen LogP contribution in [0.25, 0.3) is 11.4 Å². The van der Waals surface area contributed by atoms with Gasteiger partial charge in [0.05, 0.1) is 0 Å². The maximum absolute atomic E-state index is 12.9. The van der Waals surface area contributed by atoms with Crippen molar-refractivity contribution in [2.75, 3.05) is 49.6 Å². The third-order valence-electron chi connectivity index (χ3n) is 5.59. The molecule has 0 unspecified atom stereocenters. The first-order valence-corrected chi connectivity index (χ1v) is 10.4. The minimum Gasteiger partial charge on any atom is -0.375 e. The first-order valence-electron chi connectivity index (χ1n) is 10.4. The number of carbonyl (C=O) groups excluding carboxylic acids is 1. The summed E-state index contributed by atoms with van der Waals surface area (Å²) in [4.78, 5) is 28.3. The Kier molecular flexibility index (Phi) is 5.93. The number of hydrogen-bond acceptors (Lipinski definition) is 5. The second kappa shape index (κ2) is 8.95. The number of piperazine rings is 1. The van der Waals surface area contributed by atoms with E-state index >= 15 is 0 Å². The van der Waals surface area contributed by atoms with E-state index in [1.165, 1.54) is 0 Å². The van der Waals surface area contributed by atoms with Crippen molar-refractivity contribution in [1.29, 1.82) is 0 Å². The summed E-state index contributed by atoms with van der Waals surface area (Å²) in [5.41, 5.74) is 2.87. The highest BCUT2D eigenvalue weighted by Crippen LogP contribution is 2.20. The Morgan fingerprint density at radius 1 is 0.967 bits per heavy atom. The standard InChI is InChI=1S/C24H27N5O/c1-3-27(2)21-11-9-20(10-12-21)24(30)29-17-15-28(16-18-29)22-13-14-25-23(26-22)19-7-5-4-6-8-19/h4-14H,3,15-18H2,1-2H3. The third-order valence-corrected chi connectivity index (χ3v) is 5.59. The van der Waals surface area contributed by atoms with E-state index in [0.29, 0.717) is 13.1 Å². The van der Waals surface area contributed by atoms with Gasteiger partial charge in [-0.3, -0.25) is 4.79 Å². The molecule has 6 heteroatoms. The molecule has 1 saturated heterocycles. The number of rotatable bonds is 5. The van der Waals surface area contributed by atoms with Crippen molar-refractivity contribution in [1.82, 2.24) is 14.9 Å². The molecule has 2 heterocycles. The van der Waals surface area contributed by atoms with Crippen LogP contribution in [0.5, 0.6) is 0 Å². The van der Waals surface area contributed by atoms with Gasteiger partial charge >= 0.3 is 0 Å². The molecule has 4 rings (SSSR count). The Morgan fingerprint density at radius 3 is 2.33 bits per heavy atom. The fourth-order valence-electron chi connectivity index (χ4n) is 3.61. The van der Waals surface area contributed by atoms with Gasteiger partial charge in [0.15, 0.2) is 5.82 Å². The predicted octanol–water partition coefficient (Wildman–Crippen LogP) is 3.56. The van der Waals surface area contributed by atoms with Crippen LogP contribution in [-0.2, 0) is 0 Å². The number of amides is 1. The first kappa shape index (κ1) is 19.9. The molecule has 0 atom stereocenters. The normalized spacial score (nSPS) is 13.9. The van der Waals surface area contributed by atoms with E-state index in [-0.39, 0.29) is 5.91 Å². The fourth-order valence-corrected chi connectivity index (χ4v) is 3.61. The lowest BCUT2D eigenvalue weighted by atomic mass is 10.1. The van der Waals surface area contributed by atoms with Crippen LogP contribution in [0.15, 0.2) is 66.9 Å². The van der Waals surface area contributed by atoms with E-state index < -0.39 is 0 Å². The molecule has 0 spiro atoms.